The first-order valence-corrected chi connectivity index (χ1v) is 26.7. The third-order valence-corrected chi connectivity index (χ3v) is 16.1. The molecule has 2 aromatic rings. The summed E-state index contributed by atoms with van der Waals surface area (Å²) in [4.78, 5) is 67.0. The number of aliphatic hydroxyl groups is 4. The molecule has 0 aliphatic carbocycles. The van der Waals surface area contributed by atoms with E-state index in [1.54, 1.807) is 84.4 Å². The van der Waals surface area contributed by atoms with Crippen molar-refractivity contribution in [1.29, 1.82) is 0 Å². The minimum Gasteiger partial charge on any atom is -0.492 e. The highest BCUT2D eigenvalue weighted by Gasteiger charge is 2.54. The maximum Gasteiger partial charge on any atom is 0.341 e. The fraction of sp³-hybridized carbons (Fsp3) is 0.778. The second-order valence-corrected chi connectivity index (χ2v) is 22.7. The van der Waals surface area contributed by atoms with E-state index in [0.717, 1.165) is 0 Å². The van der Waals surface area contributed by atoms with Crippen LogP contribution in [0, 0.1) is 28.6 Å². The Morgan fingerprint density at radius 1 is 0.935 bits per heavy atom. The number of cyclic esters (lactones) is 1. The summed E-state index contributed by atoms with van der Waals surface area (Å²) < 4.78 is 51.9. The van der Waals surface area contributed by atoms with Gasteiger partial charge in [0, 0.05) is 76.2 Å². The van der Waals surface area contributed by atoms with Gasteiger partial charge < -0.3 is 78.7 Å². The van der Waals surface area contributed by atoms with Crippen molar-refractivity contribution in [1.82, 2.24) is 14.9 Å². The Morgan fingerprint density at radius 3 is 2.21 bits per heavy atom. The summed E-state index contributed by atoms with van der Waals surface area (Å²) in [5.41, 5.74) is -5.60. The van der Waals surface area contributed by atoms with Gasteiger partial charge in [0.1, 0.15) is 41.3 Å². The molecule has 4 heterocycles. The zero-order valence-electron chi connectivity index (χ0n) is 47.5. The number of hydrogen-bond acceptors (Lipinski definition) is 21. The van der Waals surface area contributed by atoms with Crippen LogP contribution in [0.4, 0.5) is 0 Å². The number of hydrogen-bond donors (Lipinski definition) is 6. The number of aromatic nitrogens is 1. The van der Waals surface area contributed by atoms with E-state index in [4.69, 9.17) is 37.9 Å². The molecule has 1 aromatic heterocycles. The van der Waals surface area contributed by atoms with Crippen LogP contribution in [0.5, 0.6) is 5.75 Å². The summed E-state index contributed by atoms with van der Waals surface area (Å²) in [5.74, 6) is -6.01. The molecule has 1 unspecified atom stereocenters. The van der Waals surface area contributed by atoms with E-state index >= 15 is 0 Å². The molecule has 0 spiro atoms. The molecule has 0 saturated carbocycles. The number of carboxylic acids is 1. The summed E-state index contributed by atoms with van der Waals surface area (Å²) in [6, 6.07) is 3.24. The molecule has 23 nitrogen and oxygen atoms in total. The van der Waals surface area contributed by atoms with Gasteiger partial charge in [-0.3, -0.25) is 19.1 Å². The van der Waals surface area contributed by atoms with Crippen LogP contribution in [0.3, 0.4) is 0 Å². The Labute approximate surface area is 451 Å². The lowest BCUT2D eigenvalue weighted by Crippen LogP contribution is -2.61. The second-order valence-electron chi connectivity index (χ2n) is 22.7. The van der Waals surface area contributed by atoms with Crippen LogP contribution in [-0.2, 0) is 42.7 Å². The molecule has 6 N–H and O–H groups in total. The van der Waals surface area contributed by atoms with Gasteiger partial charge in [0.2, 0.25) is 5.43 Å². The first-order valence-electron chi connectivity index (χ1n) is 26.7. The van der Waals surface area contributed by atoms with E-state index in [1.165, 1.54) is 33.2 Å². The number of benzene rings is 1. The molecule has 1 aromatic carbocycles. The predicted octanol–water partition coefficient (Wildman–Crippen LogP) is 3.17. The SMILES string of the molecule is CC[C@H]1OC(=O)[C@H](C)[C@@H](O[C@H]2C[C@@](C)(OC)[C@@H](OC(=O)CCNCCOc3ccc4c(=O)c(C(=O)O)cn(N(C)C)c4c3)[C@H](C)O2)[C@H](C)[C@@H](O[C@@H]2O[C@H](C)C[C@H](N(C)C)[C@H]2O)[C@](C)(O)C[C@@H](C)C(N=O)[C@@H](C)[C@@H](O)[C@]1(C)O. The number of carbonyl (C=O) groups is 3. The van der Waals surface area contributed by atoms with Crippen LogP contribution in [0.25, 0.3) is 10.9 Å². The Kier molecular flexibility index (Phi) is 21.6. The Balaban J connectivity index is 1.34. The van der Waals surface area contributed by atoms with Gasteiger partial charge in [-0.1, -0.05) is 32.9 Å². The molecule has 0 bridgehead atoms. The van der Waals surface area contributed by atoms with Gasteiger partial charge in [0.25, 0.3) is 0 Å². The number of aromatic carboxylic acids is 1. The molecule has 0 radical (unpaired) electrons. The number of nitroso groups, excluding NO2 is 1. The number of ether oxygens (including phenoxy) is 8. The van der Waals surface area contributed by atoms with Crippen molar-refractivity contribution in [3.05, 3.63) is 45.1 Å². The number of esters is 2. The van der Waals surface area contributed by atoms with Crippen molar-refractivity contribution in [3.63, 3.8) is 0 Å². The molecule has 3 saturated heterocycles. The fourth-order valence-corrected chi connectivity index (χ4v) is 11.6. The number of nitrogens with zero attached hydrogens (tertiary/aromatic N) is 4. The lowest BCUT2D eigenvalue weighted by Gasteiger charge is -2.49. The molecular formula is C54H87N5O18. The number of pyridine rings is 1. The van der Waals surface area contributed by atoms with Crippen LogP contribution in [0.15, 0.2) is 34.4 Å². The average Bonchev–Trinajstić information content (AvgIpc) is 3.35. The Bertz CT molecular complexity index is 2380. The van der Waals surface area contributed by atoms with Crippen molar-refractivity contribution in [3.8, 4) is 5.75 Å². The highest BCUT2D eigenvalue weighted by atomic mass is 16.7. The minimum atomic E-state index is -2.04. The number of likely N-dealkylation sites (N-methyl/N-ethyl adjacent to an activating group) is 1. The van der Waals surface area contributed by atoms with Crippen molar-refractivity contribution >= 4 is 28.8 Å². The van der Waals surface area contributed by atoms with Crippen LogP contribution in [0.1, 0.15) is 112 Å². The quantitative estimate of drug-likeness (QED) is 0.0710. The third-order valence-electron chi connectivity index (χ3n) is 16.1. The standard InChI is InChI=1S/C54H87N5O18/c1-16-39-54(10,68)46(63)30(4)42(56-69)28(2)25-52(8,67)47(77-51-44(62)38(57(11)12)23-29(3)72-51)31(5)45(32(6)50(66)74-39)76-41-26-53(9,70-15)48(33(7)73-41)75-40(60)19-20-55-21-22-71-34-17-18-35-37(24-34)59(58(13)14)27-36(43(35)61)49(64)65/h17-18,24,27-33,38-39,41-42,44-48,51,55,62-63,67-68H,16,19-23,25-26H2,1-15H3,(H,64,65)/t28-,29-,30-,31+,32-,33+,38+,39-,41+,42?,44-,45+,46-,47-,48+,51+,52-,53-,54-/m1/s1. The molecule has 5 rings (SSSR count). The van der Waals surface area contributed by atoms with E-state index in [2.05, 4.69) is 10.5 Å². The number of carbonyl (C=O) groups excluding carboxylic acids is 2. The molecule has 23 heteroatoms. The summed E-state index contributed by atoms with van der Waals surface area (Å²) in [5, 5.41) is 66.0. The van der Waals surface area contributed by atoms with Crippen molar-refractivity contribution < 1.29 is 77.8 Å². The van der Waals surface area contributed by atoms with E-state index in [0.29, 0.717) is 24.2 Å². The highest BCUT2D eigenvalue weighted by molar-refractivity contribution is 5.93. The van der Waals surface area contributed by atoms with Crippen LogP contribution < -0.4 is 20.5 Å². The number of methoxy groups -OCH3 is 1. The van der Waals surface area contributed by atoms with Gasteiger partial charge in [-0.15, -0.1) is 0 Å². The van der Waals surface area contributed by atoms with E-state index < -0.39 is 125 Å². The third kappa shape index (κ3) is 14.5. The maximum atomic E-state index is 14.5. The molecule has 3 fully saturated rings. The molecule has 3 aliphatic rings. The molecule has 19 atom stereocenters. The summed E-state index contributed by atoms with van der Waals surface area (Å²) in [6.07, 6.45) is -9.33. The lowest BCUT2D eigenvalue weighted by molar-refractivity contribution is -0.319. The van der Waals surface area contributed by atoms with Crippen LogP contribution in [0.2, 0.25) is 0 Å². The van der Waals surface area contributed by atoms with Crippen molar-refractivity contribution in [2.75, 3.05) is 60.0 Å². The minimum absolute atomic E-state index is 0.0129. The topological polar surface area (TPSA) is 296 Å². The summed E-state index contributed by atoms with van der Waals surface area (Å²) >= 11 is 0. The Morgan fingerprint density at radius 2 is 1.61 bits per heavy atom. The summed E-state index contributed by atoms with van der Waals surface area (Å²) in [7, 11) is 8.56. The van der Waals surface area contributed by atoms with Crippen molar-refractivity contribution in [2.24, 2.45) is 28.8 Å². The molecular weight excluding hydrogens is 1010 g/mol. The maximum absolute atomic E-state index is 14.5. The molecule has 3 aliphatic heterocycles. The van der Waals surface area contributed by atoms with E-state index in [9.17, 15) is 49.6 Å². The normalized spacial score (nSPS) is 37.6. The molecule has 0 amide bonds. The smallest absolute Gasteiger partial charge is 0.341 e. The first kappa shape index (κ1) is 63.4. The zero-order valence-corrected chi connectivity index (χ0v) is 47.5. The van der Waals surface area contributed by atoms with Gasteiger partial charge in [0.05, 0.1) is 60.0 Å². The van der Waals surface area contributed by atoms with E-state index in [-0.39, 0.29) is 61.9 Å². The van der Waals surface area contributed by atoms with Crippen LogP contribution in [-0.4, -0.2) is 198 Å². The number of carboxylic acid groups (broad SMARTS) is 1. The van der Waals surface area contributed by atoms with Crippen LogP contribution >= 0.6 is 0 Å². The zero-order chi connectivity index (χ0) is 57.6. The van der Waals surface area contributed by atoms with Gasteiger partial charge in [-0.05, 0) is 93.0 Å². The lowest BCUT2D eigenvalue weighted by atomic mass is 9.72. The molecule has 436 valence electrons. The number of aliphatic hydroxyl groups excluding tert-OH is 2. The first-order chi connectivity index (χ1) is 35.9. The number of nitrogens with one attached hydrogen (secondary N) is 1. The van der Waals surface area contributed by atoms with Crippen molar-refractivity contribution in [2.45, 2.75) is 192 Å². The monoisotopic (exact) mass is 1090 g/mol. The predicted molar refractivity (Wildman–Crippen MR) is 283 cm³/mol. The average molecular weight is 1090 g/mol. The second kappa shape index (κ2) is 26.2. The largest absolute Gasteiger partial charge is 0.492 e. The van der Waals surface area contributed by atoms with E-state index in [1.807, 2.05) is 25.9 Å². The highest BCUT2D eigenvalue weighted by Crippen LogP contribution is 2.42. The number of fused-ring (bicyclic) bond motifs is 1. The van der Waals surface area contributed by atoms with Gasteiger partial charge >= 0.3 is 17.9 Å². The van der Waals surface area contributed by atoms with Gasteiger partial charge in [-0.25, -0.2) is 4.79 Å². The fourth-order valence-electron chi connectivity index (χ4n) is 11.6. The number of rotatable bonds is 18. The van der Waals surface area contributed by atoms with Gasteiger partial charge in [0.15, 0.2) is 18.7 Å². The van der Waals surface area contributed by atoms with Gasteiger partial charge in [-0.2, -0.15) is 4.91 Å². The molecule has 77 heavy (non-hydrogen) atoms. The summed E-state index contributed by atoms with van der Waals surface area (Å²) in [6.45, 7) is 17.2. The Hall–Kier alpha value is -4.40.